The highest BCUT2D eigenvalue weighted by atomic mass is 31.2. The van der Waals surface area contributed by atoms with Crippen molar-refractivity contribution in [2.45, 2.75) is 12.5 Å². The van der Waals surface area contributed by atoms with Crippen LogP contribution in [0.2, 0.25) is 0 Å². The summed E-state index contributed by atoms with van der Waals surface area (Å²) in [6.45, 7) is 0. The molecule has 0 spiro atoms. The van der Waals surface area contributed by atoms with Crippen LogP contribution in [0.4, 0.5) is 0 Å². The molecule has 0 radical (unpaired) electrons. The fraction of sp³-hybridized carbons (Fsp3) is 0.300. The summed E-state index contributed by atoms with van der Waals surface area (Å²) in [7, 11) is -2.98. The van der Waals surface area contributed by atoms with Crippen LogP contribution in [0, 0.1) is 0 Å². The van der Waals surface area contributed by atoms with Gasteiger partial charge in [0.25, 0.3) is 0 Å². The largest absolute Gasteiger partial charge is 0.480 e. The van der Waals surface area contributed by atoms with Crippen LogP contribution in [0.1, 0.15) is 5.56 Å². The Morgan fingerprint density at radius 3 is 2.06 bits per heavy atom. The van der Waals surface area contributed by atoms with Gasteiger partial charge >= 0.3 is 13.8 Å². The van der Waals surface area contributed by atoms with Crippen LogP contribution in [-0.4, -0.2) is 38.8 Å². The number of benzene rings is 1. The molecule has 0 amide bonds. The number of hydrogen-bond donors (Lipinski definition) is 5. The van der Waals surface area contributed by atoms with E-state index < -0.39 is 19.8 Å². The van der Waals surface area contributed by atoms with E-state index in [-0.39, 0.29) is 0 Å². The normalized spacial score (nSPS) is 12.2. The highest BCUT2D eigenvalue weighted by molar-refractivity contribution is 7.45. The monoisotopic (exact) mass is 277 g/mol. The van der Waals surface area contributed by atoms with Gasteiger partial charge in [0, 0.05) is 0 Å². The number of phosphoric acid groups is 1. The second kappa shape index (κ2) is 7.97. The smallest absolute Gasteiger partial charge is 0.466 e. The number of rotatable bonds is 4. The molecule has 0 aromatic heterocycles. The molecule has 7 nitrogen and oxygen atoms in total. The number of nitrogens with one attached hydrogen (secondary N) is 1. The van der Waals surface area contributed by atoms with Crippen molar-refractivity contribution in [2.75, 3.05) is 7.05 Å². The molecule has 0 saturated carbocycles. The number of aliphatic carboxylic acids is 1. The fourth-order valence-electron chi connectivity index (χ4n) is 1.16. The van der Waals surface area contributed by atoms with Gasteiger partial charge in [0.05, 0.1) is 0 Å². The van der Waals surface area contributed by atoms with E-state index in [1.807, 2.05) is 30.3 Å². The highest BCUT2D eigenvalue weighted by Gasteiger charge is 2.14. The van der Waals surface area contributed by atoms with Gasteiger partial charge in [0.2, 0.25) is 0 Å². The van der Waals surface area contributed by atoms with Crippen LogP contribution < -0.4 is 5.32 Å². The Kier molecular flexibility index (Phi) is 7.42. The molecule has 102 valence electrons. The van der Waals surface area contributed by atoms with E-state index in [1.165, 1.54) is 0 Å². The maximum atomic E-state index is 10.7. The first kappa shape index (κ1) is 16.8. The Morgan fingerprint density at radius 1 is 1.28 bits per heavy atom. The van der Waals surface area contributed by atoms with Crippen molar-refractivity contribution in [1.82, 2.24) is 5.32 Å². The Morgan fingerprint density at radius 2 is 1.72 bits per heavy atom. The summed E-state index contributed by atoms with van der Waals surface area (Å²) in [5.41, 5.74) is 1.03. The van der Waals surface area contributed by atoms with Gasteiger partial charge in [-0.1, -0.05) is 30.3 Å². The number of carbonyl (C=O) groups is 1. The third-order valence-corrected chi connectivity index (χ3v) is 1.93. The van der Waals surface area contributed by atoms with Crippen molar-refractivity contribution >= 4 is 13.8 Å². The third-order valence-electron chi connectivity index (χ3n) is 1.93. The van der Waals surface area contributed by atoms with Crippen molar-refractivity contribution in [3.63, 3.8) is 0 Å². The average molecular weight is 277 g/mol. The minimum absolute atomic E-state index is 0.498. The Hall–Kier alpha value is -1.24. The lowest BCUT2D eigenvalue weighted by molar-refractivity contribution is -0.139. The Balaban J connectivity index is 0.000000494. The summed E-state index contributed by atoms with van der Waals surface area (Å²) in [5.74, 6) is -0.814. The van der Waals surface area contributed by atoms with E-state index in [0.29, 0.717) is 6.42 Å². The summed E-state index contributed by atoms with van der Waals surface area (Å²) in [4.78, 5) is 32.2. The topological polar surface area (TPSA) is 127 Å². The van der Waals surface area contributed by atoms with Crippen LogP contribution >= 0.6 is 7.82 Å². The van der Waals surface area contributed by atoms with Gasteiger partial charge < -0.3 is 25.1 Å². The third kappa shape index (κ3) is 9.95. The molecule has 0 bridgehead atoms. The van der Waals surface area contributed by atoms with Crippen molar-refractivity contribution in [2.24, 2.45) is 0 Å². The number of carboxylic acid groups (broad SMARTS) is 1. The molecular weight excluding hydrogens is 261 g/mol. The maximum absolute atomic E-state index is 10.7. The SMILES string of the molecule is CNC(Cc1ccccc1)C(=O)O.O=P(O)(O)O. The van der Waals surface area contributed by atoms with E-state index in [9.17, 15) is 4.79 Å². The number of likely N-dealkylation sites (N-methyl/N-ethyl adjacent to an activating group) is 1. The molecule has 1 aromatic carbocycles. The first-order valence-electron chi connectivity index (χ1n) is 4.96. The zero-order valence-electron chi connectivity index (χ0n) is 9.72. The van der Waals surface area contributed by atoms with E-state index in [4.69, 9.17) is 24.4 Å². The van der Waals surface area contributed by atoms with Gasteiger partial charge in [-0.05, 0) is 19.0 Å². The Bertz CT molecular complexity index is 396. The first-order chi connectivity index (χ1) is 8.24. The summed E-state index contributed by atoms with van der Waals surface area (Å²) >= 11 is 0. The minimum atomic E-state index is -4.64. The molecule has 5 N–H and O–H groups in total. The lowest BCUT2D eigenvalue weighted by Gasteiger charge is -2.10. The Labute approximate surface area is 104 Å². The molecule has 0 aliphatic carbocycles. The van der Waals surface area contributed by atoms with Crippen LogP contribution in [-0.2, 0) is 15.8 Å². The summed E-state index contributed by atoms with van der Waals surface area (Å²) < 4.78 is 8.88. The van der Waals surface area contributed by atoms with E-state index in [1.54, 1.807) is 7.05 Å². The fourth-order valence-corrected chi connectivity index (χ4v) is 1.16. The summed E-state index contributed by atoms with van der Waals surface area (Å²) in [6.07, 6.45) is 0.521. The lowest BCUT2D eigenvalue weighted by Crippen LogP contribution is -2.35. The van der Waals surface area contributed by atoms with E-state index in [2.05, 4.69) is 5.32 Å². The van der Waals surface area contributed by atoms with Crippen LogP contribution in [0.5, 0.6) is 0 Å². The molecule has 8 heteroatoms. The van der Waals surface area contributed by atoms with Crippen molar-refractivity contribution < 1.29 is 29.1 Å². The van der Waals surface area contributed by atoms with Gasteiger partial charge in [-0.3, -0.25) is 4.79 Å². The van der Waals surface area contributed by atoms with Gasteiger partial charge in [0.1, 0.15) is 6.04 Å². The molecule has 1 aromatic rings. The van der Waals surface area contributed by atoms with Crippen molar-refractivity contribution in [1.29, 1.82) is 0 Å². The molecule has 1 unspecified atom stereocenters. The second-order valence-corrected chi connectivity index (χ2v) is 4.41. The average Bonchev–Trinajstić information content (AvgIpc) is 2.24. The zero-order valence-corrected chi connectivity index (χ0v) is 10.6. The molecule has 1 rings (SSSR count). The lowest BCUT2D eigenvalue weighted by atomic mass is 10.1. The van der Waals surface area contributed by atoms with E-state index in [0.717, 1.165) is 5.56 Å². The second-order valence-electron chi connectivity index (χ2n) is 3.38. The number of hydrogen-bond acceptors (Lipinski definition) is 3. The van der Waals surface area contributed by atoms with Gasteiger partial charge in [-0.25, -0.2) is 4.57 Å². The molecule has 0 saturated heterocycles. The van der Waals surface area contributed by atoms with Gasteiger partial charge in [-0.2, -0.15) is 0 Å². The number of carboxylic acids is 1. The molecular formula is C10H16NO6P. The highest BCUT2D eigenvalue weighted by Crippen LogP contribution is 2.25. The predicted molar refractivity (Wildman–Crippen MR) is 64.9 cm³/mol. The van der Waals surface area contributed by atoms with Crippen LogP contribution in [0.3, 0.4) is 0 Å². The molecule has 1 atom stereocenters. The summed E-state index contributed by atoms with van der Waals surface area (Å²) in [5, 5.41) is 11.5. The van der Waals surface area contributed by atoms with Gasteiger partial charge in [-0.15, -0.1) is 0 Å². The summed E-state index contributed by atoms with van der Waals surface area (Å²) in [6, 6.07) is 9.08. The maximum Gasteiger partial charge on any atom is 0.466 e. The zero-order chi connectivity index (χ0) is 14.2. The van der Waals surface area contributed by atoms with E-state index >= 15 is 0 Å². The first-order valence-corrected chi connectivity index (χ1v) is 6.53. The predicted octanol–water partition coefficient (Wildman–Crippen LogP) is -0.0269. The van der Waals surface area contributed by atoms with Crippen molar-refractivity contribution in [3.05, 3.63) is 35.9 Å². The molecule has 0 heterocycles. The van der Waals surface area contributed by atoms with Gasteiger partial charge in [0.15, 0.2) is 0 Å². The standard InChI is InChI=1S/C10H13NO2.H3O4P/c1-11-9(10(12)13)7-8-5-3-2-4-6-8;1-5(2,3)4/h2-6,9,11H,7H2,1H3,(H,12,13);(H3,1,2,3,4). The van der Waals surface area contributed by atoms with Crippen molar-refractivity contribution in [3.8, 4) is 0 Å². The van der Waals surface area contributed by atoms with Crippen LogP contribution in [0.15, 0.2) is 30.3 Å². The molecule has 0 aliphatic heterocycles. The molecule has 0 aliphatic rings. The minimum Gasteiger partial charge on any atom is -0.480 e. The van der Waals surface area contributed by atoms with Crippen LogP contribution in [0.25, 0.3) is 0 Å². The molecule has 18 heavy (non-hydrogen) atoms. The molecule has 0 fully saturated rings. The quantitative estimate of drug-likeness (QED) is 0.489.